The minimum Gasteiger partial charge on any atom is -0.478 e. The van der Waals surface area contributed by atoms with E-state index in [1.165, 1.54) is 0 Å². The summed E-state index contributed by atoms with van der Waals surface area (Å²) < 4.78 is 0. The summed E-state index contributed by atoms with van der Waals surface area (Å²) >= 11 is 0. The summed E-state index contributed by atoms with van der Waals surface area (Å²) in [5.74, 6) is -1.99. The van der Waals surface area contributed by atoms with Crippen molar-refractivity contribution in [2.75, 3.05) is 0 Å². The first kappa shape index (κ1) is 20.2. The van der Waals surface area contributed by atoms with E-state index in [-0.39, 0.29) is 11.1 Å². The molecule has 0 saturated carbocycles. The van der Waals surface area contributed by atoms with Gasteiger partial charge >= 0.3 is 11.9 Å². The first-order chi connectivity index (χ1) is 12.7. The van der Waals surface area contributed by atoms with Crippen LogP contribution in [0.5, 0.6) is 0 Å². The van der Waals surface area contributed by atoms with Gasteiger partial charge in [0.1, 0.15) is 0 Å². The molecule has 4 nitrogen and oxygen atoms in total. The van der Waals surface area contributed by atoms with Crippen molar-refractivity contribution in [2.24, 2.45) is 0 Å². The molecule has 0 aliphatic heterocycles. The third-order valence-corrected chi connectivity index (χ3v) is 4.68. The molecular weight excluding hydrogens is 340 g/mol. The van der Waals surface area contributed by atoms with Crippen LogP contribution in [-0.2, 0) is 18.3 Å². The van der Waals surface area contributed by atoms with E-state index in [0.717, 1.165) is 22.3 Å². The van der Waals surface area contributed by atoms with Gasteiger partial charge in [0.15, 0.2) is 0 Å². The molecule has 2 rings (SSSR count). The monoisotopic (exact) mass is 364 g/mol. The largest absolute Gasteiger partial charge is 0.478 e. The highest BCUT2D eigenvalue weighted by Crippen LogP contribution is 2.34. The van der Waals surface area contributed by atoms with Gasteiger partial charge in [-0.1, -0.05) is 38.1 Å². The van der Waals surface area contributed by atoms with Crippen LogP contribution < -0.4 is 0 Å². The minimum absolute atomic E-state index is 0.207. The van der Waals surface area contributed by atoms with E-state index < -0.39 is 17.4 Å². The summed E-state index contributed by atoms with van der Waals surface area (Å²) in [6, 6.07) is 10.5. The van der Waals surface area contributed by atoms with Crippen molar-refractivity contribution in [1.29, 1.82) is 0 Å². The predicted molar refractivity (Wildman–Crippen MR) is 107 cm³/mol. The molecule has 0 aromatic heterocycles. The number of hydrogen-bond donors (Lipinski definition) is 2. The normalized spacial score (nSPS) is 11.0. The average Bonchev–Trinajstić information content (AvgIpc) is 2.61. The Morgan fingerprint density at radius 2 is 1.19 bits per heavy atom. The fourth-order valence-electron chi connectivity index (χ4n) is 3.09. The number of allylic oxidation sites excluding steroid dienone is 2. The average molecular weight is 364 g/mol. The van der Waals surface area contributed by atoms with Crippen LogP contribution in [-0.4, -0.2) is 22.2 Å². The highest BCUT2D eigenvalue weighted by Gasteiger charge is 2.26. The van der Waals surface area contributed by atoms with Gasteiger partial charge in [0, 0.05) is 5.41 Å². The van der Waals surface area contributed by atoms with Crippen molar-refractivity contribution in [3.63, 3.8) is 0 Å². The molecule has 0 saturated heterocycles. The number of carboxylic acid groups (broad SMARTS) is 2. The fraction of sp³-hybridized carbons (Fsp3) is 0.217. The van der Waals surface area contributed by atoms with Crippen molar-refractivity contribution < 1.29 is 19.8 Å². The predicted octanol–water partition coefficient (Wildman–Crippen LogP) is 4.87. The lowest BCUT2D eigenvalue weighted by atomic mass is 9.76. The zero-order valence-electron chi connectivity index (χ0n) is 15.7. The Morgan fingerprint density at radius 1 is 0.815 bits per heavy atom. The molecule has 0 unspecified atom stereocenters. The standard InChI is InChI=1S/C23H24O4/c1-5-7-15-9-17(21(24)25)13-19(11-15)23(3,4)20-12-16(8-6-2)10-18(14-20)22(26)27/h5-6,9-14H,1-2,7-8H2,3-4H3,(H,24,25)(H,26,27). The Balaban J connectivity index is 2.66. The Bertz CT molecular complexity index is 833. The topological polar surface area (TPSA) is 74.6 Å². The summed E-state index contributed by atoms with van der Waals surface area (Å²) in [4.78, 5) is 23.1. The Morgan fingerprint density at radius 3 is 1.48 bits per heavy atom. The van der Waals surface area contributed by atoms with Crippen LogP contribution in [0.2, 0.25) is 0 Å². The maximum Gasteiger partial charge on any atom is 0.335 e. The molecule has 0 radical (unpaired) electrons. The van der Waals surface area contributed by atoms with E-state index in [1.807, 2.05) is 26.0 Å². The Labute approximate surface area is 159 Å². The van der Waals surface area contributed by atoms with Crippen LogP contribution in [0.15, 0.2) is 61.7 Å². The molecule has 4 heteroatoms. The quantitative estimate of drug-likeness (QED) is 0.656. The molecule has 2 N–H and O–H groups in total. The third-order valence-electron chi connectivity index (χ3n) is 4.68. The van der Waals surface area contributed by atoms with Crippen molar-refractivity contribution in [3.8, 4) is 0 Å². The first-order valence-electron chi connectivity index (χ1n) is 8.66. The zero-order chi connectivity index (χ0) is 20.2. The van der Waals surface area contributed by atoms with E-state index in [1.54, 1.807) is 36.4 Å². The number of carbonyl (C=O) groups is 2. The highest BCUT2D eigenvalue weighted by molar-refractivity contribution is 5.89. The summed E-state index contributed by atoms with van der Waals surface area (Å²) in [6.45, 7) is 11.4. The zero-order valence-corrected chi connectivity index (χ0v) is 15.7. The van der Waals surface area contributed by atoms with Gasteiger partial charge in [-0.3, -0.25) is 0 Å². The smallest absolute Gasteiger partial charge is 0.335 e. The molecule has 0 spiro atoms. The van der Waals surface area contributed by atoms with Crippen molar-refractivity contribution in [3.05, 3.63) is 95.1 Å². The maximum absolute atomic E-state index is 11.5. The van der Waals surface area contributed by atoms with Crippen LogP contribution in [0.4, 0.5) is 0 Å². The lowest BCUT2D eigenvalue weighted by molar-refractivity contribution is 0.0686. The van der Waals surface area contributed by atoms with E-state index in [9.17, 15) is 19.8 Å². The molecule has 2 aromatic carbocycles. The summed E-state index contributed by atoms with van der Waals surface area (Å²) in [5.41, 5.74) is 3.17. The Kier molecular flexibility index (Phi) is 6.01. The molecule has 0 aliphatic rings. The number of benzene rings is 2. The molecule has 140 valence electrons. The van der Waals surface area contributed by atoms with Crippen LogP contribution >= 0.6 is 0 Å². The van der Waals surface area contributed by atoms with E-state index in [2.05, 4.69) is 13.2 Å². The second kappa shape index (κ2) is 8.04. The molecule has 0 fully saturated rings. The van der Waals surface area contributed by atoms with Crippen LogP contribution in [0.3, 0.4) is 0 Å². The first-order valence-corrected chi connectivity index (χ1v) is 8.66. The summed E-state index contributed by atoms with van der Waals surface area (Å²) in [7, 11) is 0. The van der Waals surface area contributed by atoms with Crippen LogP contribution in [0.25, 0.3) is 0 Å². The van der Waals surface area contributed by atoms with Gasteiger partial charge in [0.2, 0.25) is 0 Å². The molecule has 27 heavy (non-hydrogen) atoms. The van der Waals surface area contributed by atoms with Gasteiger partial charge < -0.3 is 10.2 Å². The molecule has 0 aliphatic carbocycles. The van der Waals surface area contributed by atoms with Gasteiger partial charge in [0.05, 0.1) is 11.1 Å². The minimum atomic E-state index is -0.996. The van der Waals surface area contributed by atoms with Gasteiger partial charge in [-0.2, -0.15) is 0 Å². The molecule has 0 amide bonds. The number of hydrogen-bond acceptors (Lipinski definition) is 2. The van der Waals surface area contributed by atoms with Crippen molar-refractivity contribution in [1.82, 2.24) is 0 Å². The van der Waals surface area contributed by atoms with Crippen molar-refractivity contribution in [2.45, 2.75) is 32.1 Å². The lowest BCUT2D eigenvalue weighted by Crippen LogP contribution is -2.21. The molecule has 0 atom stereocenters. The van der Waals surface area contributed by atoms with Gasteiger partial charge in [-0.25, -0.2) is 9.59 Å². The van der Waals surface area contributed by atoms with Crippen LogP contribution in [0.1, 0.15) is 56.8 Å². The third kappa shape index (κ3) is 4.53. The molecule has 2 aromatic rings. The molecule has 0 heterocycles. The van der Waals surface area contributed by atoms with E-state index >= 15 is 0 Å². The van der Waals surface area contributed by atoms with E-state index in [0.29, 0.717) is 12.8 Å². The molecular formula is C23H24O4. The van der Waals surface area contributed by atoms with Gasteiger partial charge in [-0.15, -0.1) is 13.2 Å². The summed E-state index contributed by atoms with van der Waals surface area (Å²) in [5, 5.41) is 18.9. The fourth-order valence-corrected chi connectivity index (χ4v) is 3.09. The number of aromatic carboxylic acids is 2. The number of carboxylic acids is 2. The Hall–Kier alpha value is -3.14. The molecule has 0 bridgehead atoms. The SMILES string of the molecule is C=CCc1cc(C(=O)O)cc(C(C)(C)c2cc(CC=C)cc(C(=O)O)c2)c1. The second-order valence-corrected chi connectivity index (χ2v) is 7.06. The van der Waals surface area contributed by atoms with Gasteiger partial charge in [0.25, 0.3) is 0 Å². The van der Waals surface area contributed by atoms with Crippen LogP contribution in [0, 0.1) is 0 Å². The van der Waals surface area contributed by atoms with Crippen molar-refractivity contribution >= 4 is 11.9 Å². The summed E-state index contributed by atoms with van der Waals surface area (Å²) in [6.07, 6.45) is 4.57. The number of rotatable bonds is 8. The maximum atomic E-state index is 11.5. The highest BCUT2D eigenvalue weighted by atomic mass is 16.4. The van der Waals surface area contributed by atoms with Gasteiger partial charge in [-0.05, 0) is 59.4 Å². The van der Waals surface area contributed by atoms with E-state index in [4.69, 9.17) is 0 Å². The second-order valence-electron chi connectivity index (χ2n) is 7.06. The lowest BCUT2D eigenvalue weighted by Gasteiger charge is -2.28.